The van der Waals surface area contributed by atoms with Crippen LogP contribution in [0.5, 0.6) is 5.75 Å². The van der Waals surface area contributed by atoms with Gasteiger partial charge in [-0.05, 0) is 18.2 Å². The normalized spacial score (nSPS) is 8.75. The Hall–Kier alpha value is 0.404. The number of benzene rings is 1. The molecule has 0 bridgehead atoms. The number of rotatable bonds is 1. The van der Waals surface area contributed by atoms with Crippen LogP contribution in [0.4, 0.5) is 0 Å². The van der Waals surface area contributed by atoms with Crippen LogP contribution in [-0.4, -0.2) is 10.2 Å². The van der Waals surface area contributed by atoms with Crippen molar-refractivity contribution in [1.82, 2.24) is 0 Å². The van der Waals surface area contributed by atoms with Gasteiger partial charge in [0.1, 0.15) is 11.5 Å². The van der Waals surface area contributed by atoms with E-state index < -0.39 is 0 Å². The van der Waals surface area contributed by atoms with Crippen molar-refractivity contribution in [2.45, 2.75) is 0 Å². The van der Waals surface area contributed by atoms with Crippen molar-refractivity contribution in [2.24, 2.45) is 0 Å². The van der Waals surface area contributed by atoms with Crippen molar-refractivity contribution < 1.29 is 51.5 Å². The van der Waals surface area contributed by atoms with Crippen LogP contribution in [0.25, 0.3) is 5.76 Å². The first-order valence-corrected chi connectivity index (χ1v) is 3.77. The van der Waals surface area contributed by atoms with Gasteiger partial charge in [0.25, 0.3) is 0 Å². The van der Waals surface area contributed by atoms with Crippen LogP contribution >= 0.6 is 15.9 Å². The minimum atomic E-state index is -0.0622. The predicted octanol–water partition coefficient (Wildman–Crippen LogP) is 2.68. The fraction of sp³-hybridized carbons (Fsp3) is 0. The number of hydrogen-bond donors (Lipinski definition) is 2. The molecule has 0 aliphatic heterocycles. The molecule has 1 radical (unpaired) electrons. The summed E-state index contributed by atoms with van der Waals surface area (Å²) in [5.41, 5.74) is 0.505. The summed E-state index contributed by atoms with van der Waals surface area (Å²) in [4.78, 5) is 0. The average molecular weight is 356 g/mol. The first kappa shape index (κ1) is 12.4. The van der Waals surface area contributed by atoms with Crippen molar-refractivity contribution in [3.63, 3.8) is 0 Å². The third-order valence-electron chi connectivity index (χ3n) is 1.26. The summed E-state index contributed by atoms with van der Waals surface area (Å²) >= 11 is 3.20. The van der Waals surface area contributed by atoms with Crippen molar-refractivity contribution in [3.8, 4) is 5.75 Å². The summed E-state index contributed by atoms with van der Waals surface area (Å²) in [6.45, 7) is 3.34. The molecule has 12 heavy (non-hydrogen) atoms. The molecule has 0 aliphatic rings. The fourth-order valence-electron chi connectivity index (χ4n) is 0.734. The van der Waals surface area contributed by atoms with Gasteiger partial charge in [0.15, 0.2) is 0 Å². The summed E-state index contributed by atoms with van der Waals surface area (Å²) in [5, 5.41) is 18.0. The second kappa shape index (κ2) is 5.20. The molecule has 0 atom stereocenters. The third kappa shape index (κ3) is 3.04. The van der Waals surface area contributed by atoms with Crippen molar-refractivity contribution in [2.75, 3.05) is 0 Å². The van der Waals surface area contributed by atoms with E-state index in [0.717, 1.165) is 0 Å². The summed E-state index contributed by atoms with van der Waals surface area (Å²) in [7, 11) is 0. The van der Waals surface area contributed by atoms with Gasteiger partial charge in [-0.2, -0.15) is 0 Å². The molecule has 0 aromatic heterocycles. The van der Waals surface area contributed by atoms with Crippen LogP contribution in [0.2, 0.25) is 0 Å². The van der Waals surface area contributed by atoms with E-state index in [4.69, 9.17) is 10.2 Å². The van der Waals surface area contributed by atoms with Crippen molar-refractivity contribution >= 4 is 21.7 Å². The number of phenolic OH excluding ortho intramolecular Hbond substituents is 1. The molecule has 1 aromatic carbocycles. The van der Waals surface area contributed by atoms with Gasteiger partial charge in [0, 0.05) is 51.3 Å². The molecule has 4 heteroatoms. The van der Waals surface area contributed by atoms with Gasteiger partial charge in [0.05, 0.1) is 0 Å². The van der Waals surface area contributed by atoms with E-state index in [0.29, 0.717) is 10.0 Å². The molecule has 0 unspecified atom stereocenters. The van der Waals surface area contributed by atoms with Gasteiger partial charge in [-0.25, -0.2) is 0 Å². The molecular formula is C8H7BrO2Pr. The molecule has 0 spiro atoms. The molecule has 0 aliphatic carbocycles. The first-order chi connectivity index (χ1) is 5.11. The second-order valence-corrected chi connectivity index (χ2v) is 2.97. The van der Waals surface area contributed by atoms with Gasteiger partial charge in [0.2, 0.25) is 0 Å². The molecule has 0 amide bonds. The predicted molar refractivity (Wildman–Crippen MR) is 47.5 cm³/mol. The van der Waals surface area contributed by atoms with E-state index in [1.165, 1.54) is 12.1 Å². The molecule has 61 valence electrons. The Morgan fingerprint density at radius 3 is 2.42 bits per heavy atom. The first-order valence-electron chi connectivity index (χ1n) is 2.98. The smallest absolute Gasteiger partial charge is 0.116 e. The van der Waals surface area contributed by atoms with Crippen LogP contribution in [0.15, 0.2) is 29.3 Å². The minimum absolute atomic E-state index is 0. The Morgan fingerprint density at radius 2 is 2.00 bits per heavy atom. The Morgan fingerprint density at radius 1 is 1.42 bits per heavy atom. The molecule has 0 heterocycles. The topological polar surface area (TPSA) is 40.5 Å². The van der Waals surface area contributed by atoms with E-state index in [1.54, 1.807) is 6.07 Å². The van der Waals surface area contributed by atoms with Crippen LogP contribution < -0.4 is 0 Å². The molecular weight excluding hydrogens is 349 g/mol. The molecule has 2 N–H and O–H groups in total. The van der Waals surface area contributed by atoms with Crippen LogP contribution in [0.1, 0.15) is 5.56 Å². The maximum atomic E-state index is 9.01. The Bertz CT molecular complexity index is 299. The average Bonchev–Trinajstić information content (AvgIpc) is 1.94. The number of aliphatic hydroxyl groups is 1. The van der Waals surface area contributed by atoms with Gasteiger partial charge in [-0.15, -0.1) is 0 Å². The largest absolute Gasteiger partial charge is 0.508 e. The number of hydrogen-bond acceptors (Lipinski definition) is 2. The zero-order valence-electron chi connectivity index (χ0n) is 6.29. The van der Waals surface area contributed by atoms with E-state index in [9.17, 15) is 0 Å². The Labute approximate surface area is 112 Å². The zero-order valence-corrected chi connectivity index (χ0v) is 11.6. The minimum Gasteiger partial charge on any atom is -0.508 e. The summed E-state index contributed by atoms with van der Waals surface area (Å²) in [6.07, 6.45) is 0. The van der Waals surface area contributed by atoms with Crippen LogP contribution in [0, 0.1) is 41.3 Å². The summed E-state index contributed by atoms with van der Waals surface area (Å²) in [5.74, 6) is 0.0474. The van der Waals surface area contributed by atoms with Gasteiger partial charge in [-0.3, -0.25) is 0 Å². The van der Waals surface area contributed by atoms with Crippen molar-refractivity contribution in [3.05, 3.63) is 34.8 Å². The van der Waals surface area contributed by atoms with Crippen LogP contribution in [0.3, 0.4) is 0 Å². The molecule has 1 aromatic rings. The molecule has 2 nitrogen and oxygen atoms in total. The monoisotopic (exact) mass is 355 g/mol. The molecule has 0 fully saturated rings. The Balaban J connectivity index is 0.00000121. The fourth-order valence-corrected chi connectivity index (χ4v) is 1.21. The van der Waals surface area contributed by atoms with Gasteiger partial charge >= 0.3 is 0 Å². The SMILES string of the molecule is C=C(O)c1cc(O)ccc1Br.[Pr]. The number of halogens is 1. The Kier molecular flexibility index (Phi) is 5.38. The van der Waals surface area contributed by atoms with E-state index in [2.05, 4.69) is 22.5 Å². The maximum Gasteiger partial charge on any atom is 0.116 e. The molecule has 0 saturated carbocycles. The molecule has 1 rings (SSSR count). The van der Waals surface area contributed by atoms with Gasteiger partial charge in [-0.1, -0.05) is 22.5 Å². The molecule has 0 saturated heterocycles. The summed E-state index contributed by atoms with van der Waals surface area (Å²) in [6, 6.07) is 4.61. The van der Waals surface area contributed by atoms with E-state index >= 15 is 0 Å². The van der Waals surface area contributed by atoms with Crippen molar-refractivity contribution in [1.29, 1.82) is 0 Å². The second-order valence-electron chi connectivity index (χ2n) is 2.11. The maximum absolute atomic E-state index is 9.01. The quantitative estimate of drug-likeness (QED) is 0.760. The number of aliphatic hydroxyl groups excluding tert-OH is 1. The van der Waals surface area contributed by atoms with E-state index in [-0.39, 0.29) is 52.8 Å². The number of phenols is 1. The number of aromatic hydroxyl groups is 1. The van der Waals surface area contributed by atoms with E-state index in [1.807, 2.05) is 0 Å². The zero-order chi connectivity index (χ0) is 8.43. The van der Waals surface area contributed by atoms with Gasteiger partial charge < -0.3 is 10.2 Å². The third-order valence-corrected chi connectivity index (χ3v) is 1.95. The van der Waals surface area contributed by atoms with Crippen LogP contribution in [-0.2, 0) is 0 Å². The standard InChI is InChI=1S/C8H7BrO2.Pr/c1-5(10)7-4-6(11)2-3-8(7)9;/h2-4,10-11H,1H2;. The summed E-state index contributed by atoms with van der Waals surface area (Å²) < 4.78 is 0.711.